The predicted molar refractivity (Wildman–Crippen MR) is 53.4 cm³/mol. The average molecular weight is 175 g/mol. The van der Waals surface area contributed by atoms with Crippen LogP contribution in [-0.4, -0.2) is 15.0 Å². The molecule has 2 aromatic heterocycles. The van der Waals surface area contributed by atoms with Crippen molar-refractivity contribution in [3.8, 4) is 0 Å². The monoisotopic (exact) mass is 175 g/mol. The second kappa shape index (κ2) is 4.50. The fraction of sp³-hybridized carbons (Fsp3) is 0.300. The molecule has 68 valence electrons. The summed E-state index contributed by atoms with van der Waals surface area (Å²) in [6.07, 6.45) is 3.31. The molecular formula is C10H13N3. The summed E-state index contributed by atoms with van der Waals surface area (Å²) < 4.78 is 0. The van der Waals surface area contributed by atoms with Gasteiger partial charge in [0.1, 0.15) is 5.52 Å². The zero-order valence-corrected chi connectivity index (χ0v) is 8.15. The first-order valence-corrected chi connectivity index (χ1v) is 4.40. The molecule has 0 aliphatic rings. The standard InChI is InChI=1S/C8H7N3.C2H6/c1-6-2-3-7-8(11-6)10-5-4-9-7;1-2/h2-5H,1H3;1-2H3. The molecule has 0 aliphatic heterocycles. The van der Waals surface area contributed by atoms with Crippen molar-refractivity contribution in [1.82, 2.24) is 15.0 Å². The lowest BCUT2D eigenvalue weighted by molar-refractivity contribution is 1.17. The van der Waals surface area contributed by atoms with E-state index >= 15 is 0 Å². The molecule has 3 heteroatoms. The molecule has 0 saturated heterocycles. The summed E-state index contributed by atoms with van der Waals surface area (Å²) in [5, 5.41) is 0. The van der Waals surface area contributed by atoms with E-state index in [0.29, 0.717) is 5.65 Å². The first-order chi connectivity index (χ1) is 6.36. The minimum absolute atomic E-state index is 0.715. The number of nitrogens with zero attached hydrogens (tertiary/aromatic N) is 3. The van der Waals surface area contributed by atoms with Crippen LogP contribution in [-0.2, 0) is 0 Å². The molecule has 0 N–H and O–H groups in total. The first kappa shape index (κ1) is 9.58. The van der Waals surface area contributed by atoms with Gasteiger partial charge in [0.05, 0.1) is 0 Å². The molecular weight excluding hydrogens is 162 g/mol. The zero-order chi connectivity index (χ0) is 9.68. The maximum absolute atomic E-state index is 4.20. The Labute approximate surface area is 77.9 Å². The highest BCUT2D eigenvalue weighted by Crippen LogP contribution is 2.04. The number of pyridine rings is 1. The van der Waals surface area contributed by atoms with Gasteiger partial charge in [-0.25, -0.2) is 9.97 Å². The van der Waals surface area contributed by atoms with E-state index in [9.17, 15) is 0 Å². The van der Waals surface area contributed by atoms with Gasteiger partial charge in [-0.05, 0) is 19.1 Å². The fourth-order valence-corrected chi connectivity index (χ4v) is 0.949. The largest absolute Gasteiger partial charge is 0.251 e. The molecule has 0 fully saturated rings. The summed E-state index contributed by atoms with van der Waals surface area (Å²) >= 11 is 0. The van der Waals surface area contributed by atoms with Crippen molar-refractivity contribution in [2.24, 2.45) is 0 Å². The molecule has 0 spiro atoms. The van der Waals surface area contributed by atoms with Crippen molar-refractivity contribution < 1.29 is 0 Å². The molecule has 0 radical (unpaired) electrons. The van der Waals surface area contributed by atoms with Crippen LogP contribution in [0.15, 0.2) is 24.5 Å². The molecule has 0 amide bonds. The highest BCUT2D eigenvalue weighted by Gasteiger charge is 1.93. The molecule has 0 unspecified atom stereocenters. The average Bonchev–Trinajstić information content (AvgIpc) is 2.21. The van der Waals surface area contributed by atoms with Gasteiger partial charge in [-0.3, -0.25) is 4.98 Å². The Bertz CT molecular complexity index is 385. The van der Waals surface area contributed by atoms with Gasteiger partial charge in [0.25, 0.3) is 0 Å². The van der Waals surface area contributed by atoms with E-state index in [0.717, 1.165) is 11.2 Å². The summed E-state index contributed by atoms with van der Waals surface area (Å²) in [4.78, 5) is 12.4. The van der Waals surface area contributed by atoms with Crippen molar-refractivity contribution in [2.45, 2.75) is 20.8 Å². The van der Waals surface area contributed by atoms with Crippen LogP contribution in [0.25, 0.3) is 11.2 Å². The Balaban J connectivity index is 0.000000396. The molecule has 2 aromatic rings. The summed E-state index contributed by atoms with van der Waals surface area (Å²) in [5.41, 5.74) is 2.53. The van der Waals surface area contributed by atoms with E-state index in [1.54, 1.807) is 12.4 Å². The first-order valence-electron chi connectivity index (χ1n) is 4.40. The van der Waals surface area contributed by atoms with Gasteiger partial charge < -0.3 is 0 Å². The van der Waals surface area contributed by atoms with E-state index in [-0.39, 0.29) is 0 Å². The van der Waals surface area contributed by atoms with Gasteiger partial charge in [0, 0.05) is 18.1 Å². The van der Waals surface area contributed by atoms with E-state index in [1.807, 2.05) is 32.9 Å². The van der Waals surface area contributed by atoms with Gasteiger partial charge in [-0.15, -0.1) is 0 Å². The molecule has 0 bridgehead atoms. The molecule has 2 rings (SSSR count). The van der Waals surface area contributed by atoms with Crippen LogP contribution in [0, 0.1) is 6.92 Å². The maximum atomic E-state index is 4.20. The van der Waals surface area contributed by atoms with Gasteiger partial charge in [-0.1, -0.05) is 13.8 Å². The highest BCUT2D eigenvalue weighted by atomic mass is 14.9. The van der Waals surface area contributed by atoms with Gasteiger partial charge in [0.2, 0.25) is 0 Å². The van der Waals surface area contributed by atoms with Crippen LogP contribution in [0.5, 0.6) is 0 Å². The molecule has 0 aliphatic carbocycles. The van der Waals surface area contributed by atoms with Crippen molar-refractivity contribution in [3.05, 3.63) is 30.2 Å². The van der Waals surface area contributed by atoms with Crippen LogP contribution in [0.1, 0.15) is 19.5 Å². The third kappa shape index (κ3) is 2.21. The lowest BCUT2D eigenvalue weighted by Gasteiger charge is -1.94. The Morgan fingerprint density at radius 1 is 1.00 bits per heavy atom. The Morgan fingerprint density at radius 3 is 2.46 bits per heavy atom. The van der Waals surface area contributed by atoms with Gasteiger partial charge in [-0.2, -0.15) is 0 Å². The summed E-state index contributed by atoms with van der Waals surface area (Å²) in [5.74, 6) is 0. The van der Waals surface area contributed by atoms with Crippen molar-refractivity contribution in [3.63, 3.8) is 0 Å². The minimum Gasteiger partial charge on any atom is -0.251 e. The van der Waals surface area contributed by atoms with E-state index in [1.165, 1.54) is 0 Å². The minimum atomic E-state index is 0.715. The van der Waals surface area contributed by atoms with E-state index in [2.05, 4.69) is 15.0 Å². The Morgan fingerprint density at radius 2 is 1.69 bits per heavy atom. The molecule has 13 heavy (non-hydrogen) atoms. The quantitative estimate of drug-likeness (QED) is 0.617. The zero-order valence-electron chi connectivity index (χ0n) is 8.15. The molecule has 0 saturated carbocycles. The van der Waals surface area contributed by atoms with E-state index in [4.69, 9.17) is 0 Å². The fourth-order valence-electron chi connectivity index (χ4n) is 0.949. The normalized spacial score (nSPS) is 9.15. The van der Waals surface area contributed by atoms with Crippen LogP contribution < -0.4 is 0 Å². The predicted octanol–water partition coefficient (Wildman–Crippen LogP) is 2.36. The molecule has 3 nitrogen and oxygen atoms in total. The van der Waals surface area contributed by atoms with Gasteiger partial charge in [0.15, 0.2) is 5.65 Å². The lowest BCUT2D eigenvalue weighted by Crippen LogP contribution is -1.87. The summed E-state index contributed by atoms with van der Waals surface area (Å²) in [6.45, 7) is 5.94. The number of hydrogen-bond donors (Lipinski definition) is 0. The van der Waals surface area contributed by atoms with Gasteiger partial charge >= 0.3 is 0 Å². The van der Waals surface area contributed by atoms with Crippen LogP contribution in [0.3, 0.4) is 0 Å². The van der Waals surface area contributed by atoms with Crippen molar-refractivity contribution in [1.29, 1.82) is 0 Å². The van der Waals surface area contributed by atoms with Crippen LogP contribution in [0.4, 0.5) is 0 Å². The van der Waals surface area contributed by atoms with Crippen LogP contribution >= 0.6 is 0 Å². The number of fused-ring (bicyclic) bond motifs is 1. The SMILES string of the molecule is CC.Cc1ccc2nccnc2n1. The maximum Gasteiger partial charge on any atom is 0.178 e. The Kier molecular flexibility index (Phi) is 3.31. The summed E-state index contributed by atoms with van der Waals surface area (Å²) in [7, 11) is 0. The number of hydrogen-bond acceptors (Lipinski definition) is 3. The highest BCUT2D eigenvalue weighted by molar-refractivity contribution is 5.68. The van der Waals surface area contributed by atoms with Crippen molar-refractivity contribution >= 4 is 11.2 Å². The number of aromatic nitrogens is 3. The Hall–Kier alpha value is -1.51. The number of aryl methyl sites for hydroxylation is 1. The molecule has 0 aromatic carbocycles. The second-order valence-corrected chi connectivity index (χ2v) is 2.35. The van der Waals surface area contributed by atoms with Crippen LogP contribution in [0.2, 0.25) is 0 Å². The van der Waals surface area contributed by atoms with E-state index < -0.39 is 0 Å². The number of rotatable bonds is 0. The van der Waals surface area contributed by atoms with Crippen molar-refractivity contribution in [2.75, 3.05) is 0 Å². The topological polar surface area (TPSA) is 38.7 Å². The summed E-state index contributed by atoms with van der Waals surface area (Å²) in [6, 6.07) is 3.85. The molecule has 0 atom stereocenters. The smallest absolute Gasteiger partial charge is 0.178 e. The third-order valence-corrected chi connectivity index (χ3v) is 1.47. The molecule has 2 heterocycles. The second-order valence-electron chi connectivity index (χ2n) is 2.35. The third-order valence-electron chi connectivity index (χ3n) is 1.47. The lowest BCUT2D eigenvalue weighted by atomic mass is 10.3.